The molecule has 2 aliphatic heterocycles. The van der Waals surface area contributed by atoms with Gasteiger partial charge in [0, 0.05) is 75.7 Å². The number of likely N-dealkylation sites (tertiary alicyclic amines) is 1. The minimum Gasteiger partial charge on any atom is -0.497 e. The van der Waals surface area contributed by atoms with Gasteiger partial charge in [-0.2, -0.15) is 13.2 Å². The number of anilines is 2. The molecule has 0 radical (unpaired) electrons. The Bertz CT molecular complexity index is 1110. The molecular weight excluding hydrogens is 503 g/mol. The lowest BCUT2D eigenvalue weighted by molar-refractivity contribution is -0.388. The molecule has 2 aliphatic rings. The van der Waals surface area contributed by atoms with Crippen LogP contribution in [0.3, 0.4) is 0 Å². The molecule has 0 aromatic heterocycles. The Morgan fingerprint density at radius 1 is 1.05 bits per heavy atom. The van der Waals surface area contributed by atoms with Gasteiger partial charge < -0.3 is 19.9 Å². The standard InChI is InChI=1S/C26H32F3N5O4/c1-38-22-5-3-21(4-6-22)32-16-14-31(15-17-32)11-10-25(35)33-12-8-19(9-13-33)30-20-2-7-24(34(36)37)23(18-20)26(27,28)29/h2-7,18-19,30H,8-17H2,1H3. The Kier molecular flexibility index (Phi) is 8.60. The average Bonchev–Trinajstić information content (AvgIpc) is 2.92. The van der Waals surface area contributed by atoms with Gasteiger partial charge in [0.1, 0.15) is 11.3 Å². The number of piperazine rings is 1. The largest absolute Gasteiger partial charge is 0.497 e. The lowest BCUT2D eigenvalue weighted by Gasteiger charge is -2.37. The third-order valence-corrected chi connectivity index (χ3v) is 7.17. The number of carbonyl (C=O) groups excluding carboxylic acids is 1. The number of methoxy groups -OCH3 is 1. The summed E-state index contributed by atoms with van der Waals surface area (Å²) < 4.78 is 45.0. The smallest absolute Gasteiger partial charge is 0.423 e. The van der Waals surface area contributed by atoms with Crippen LogP contribution in [0.15, 0.2) is 42.5 Å². The van der Waals surface area contributed by atoms with Gasteiger partial charge in [0.2, 0.25) is 5.91 Å². The highest BCUT2D eigenvalue weighted by atomic mass is 19.4. The number of hydrogen-bond acceptors (Lipinski definition) is 7. The number of hydrogen-bond donors (Lipinski definition) is 1. The molecule has 0 unspecified atom stereocenters. The van der Waals surface area contributed by atoms with Crippen LogP contribution < -0.4 is 15.0 Å². The van der Waals surface area contributed by atoms with Crippen molar-refractivity contribution in [1.82, 2.24) is 9.80 Å². The molecule has 1 amide bonds. The first-order valence-electron chi connectivity index (χ1n) is 12.7. The third kappa shape index (κ3) is 6.85. The summed E-state index contributed by atoms with van der Waals surface area (Å²) >= 11 is 0. The molecule has 0 saturated carbocycles. The van der Waals surface area contributed by atoms with Crippen molar-refractivity contribution < 1.29 is 27.6 Å². The lowest BCUT2D eigenvalue weighted by Crippen LogP contribution is -2.48. The van der Waals surface area contributed by atoms with Crippen LogP contribution in [-0.4, -0.2) is 79.6 Å². The Morgan fingerprint density at radius 3 is 2.29 bits per heavy atom. The highest BCUT2D eigenvalue weighted by Crippen LogP contribution is 2.38. The predicted octanol–water partition coefficient (Wildman–Crippen LogP) is 4.24. The lowest BCUT2D eigenvalue weighted by atomic mass is 10.0. The maximum absolute atomic E-state index is 13.3. The summed E-state index contributed by atoms with van der Waals surface area (Å²) in [5, 5.41) is 14.0. The van der Waals surface area contributed by atoms with Gasteiger partial charge in [-0.1, -0.05) is 0 Å². The second kappa shape index (κ2) is 11.9. The molecule has 38 heavy (non-hydrogen) atoms. The van der Waals surface area contributed by atoms with Crippen molar-refractivity contribution >= 4 is 23.0 Å². The van der Waals surface area contributed by atoms with E-state index in [1.165, 1.54) is 6.07 Å². The van der Waals surface area contributed by atoms with Crippen molar-refractivity contribution in [2.45, 2.75) is 31.5 Å². The van der Waals surface area contributed by atoms with Crippen LogP contribution in [0, 0.1) is 10.1 Å². The number of carbonyl (C=O) groups is 1. The Morgan fingerprint density at radius 2 is 1.71 bits per heavy atom. The fourth-order valence-corrected chi connectivity index (χ4v) is 4.96. The van der Waals surface area contributed by atoms with Gasteiger partial charge >= 0.3 is 6.18 Å². The molecule has 0 aliphatic carbocycles. The summed E-state index contributed by atoms with van der Waals surface area (Å²) in [6, 6.07) is 10.8. The molecule has 0 spiro atoms. The van der Waals surface area contributed by atoms with E-state index in [1.54, 1.807) is 7.11 Å². The van der Waals surface area contributed by atoms with Crippen LogP contribution in [0.25, 0.3) is 0 Å². The van der Waals surface area contributed by atoms with E-state index in [0.29, 0.717) is 38.9 Å². The number of nitro benzene ring substituents is 1. The number of benzene rings is 2. The molecular formula is C26H32F3N5O4. The van der Waals surface area contributed by atoms with Crippen molar-refractivity contribution in [3.8, 4) is 5.75 Å². The summed E-state index contributed by atoms with van der Waals surface area (Å²) in [7, 11) is 1.64. The second-order valence-electron chi connectivity index (χ2n) is 9.56. The van der Waals surface area contributed by atoms with Crippen LogP contribution in [0.4, 0.5) is 30.2 Å². The van der Waals surface area contributed by atoms with E-state index in [0.717, 1.165) is 49.7 Å². The van der Waals surface area contributed by atoms with E-state index in [2.05, 4.69) is 15.1 Å². The van der Waals surface area contributed by atoms with Crippen molar-refractivity contribution in [3.63, 3.8) is 0 Å². The minimum absolute atomic E-state index is 0.0794. The van der Waals surface area contributed by atoms with Crippen LogP contribution in [0.1, 0.15) is 24.8 Å². The van der Waals surface area contributed by atoms with Gasteiger partial charge in [0.25, 0.3) is 5.69 Å². The number of alkyl halides is 3. The highest BCUT2D eigenvalue weighted by Gasteiger charge is 2.38. The SMILES string of the molecule is COc1ccc(N2CCN(CCC(=O)N3CCC(Nc4ccc([N+](=O)[O-])c(C(F)(F)F)c4)CC3)CC2)cc1. The van der Waals surface area contributed by atoms with E-state index in [1.807, 2.05) is 29.2 Å². The van der Waals surface area contributed by atoms with E-state index in [-0.39, 0.29) is 17.6 Å². The van der Waals surface area contributed by atoms with Crippen molar-refractivity contribution in [2.24, 2.45) is 0 Å². The zero-order chi connectivity index (χ0) is 27.3. The quantitative estimate of drug-likeness (QED) is 0.400. The van der Waals surface area contributed by atoms with E-state index in [4.69, 9.17) is 4.74 Å². The van der Waals surface area contributed by atoms with Crippen LogP contribution >= 0.6 is 0 Å². The van der Waals surface area contributed by atoms with Gasteiger partial charge in [0.05, 0.1) is 12.0 Å². The van der Waals surface area contributed by atoms with Crippen LogP contribution in [0.2, 0.25) is 0 Å². The number of amides is 1. The summed E-state index contributed by atoms with van der Waals surface area (Å²) in [4.78, 5) is 29.1. The highest BCUT2D eigenvalue weighted by molar-refractivity contribution is 5.76. The van der Waals surface area contributed by atoms with E-state index in [9.17, 15) is 28.1 Å². The molecule has 2 saturated heterocycles. The Labute approximate surface area is 219 Å². The number of nitrogens with one attached hydrogen (secondary N) is 1. The maximum atomic E-state index is 13.3. The fraction of sp³-hybridized carbons (Fsp3) is 0.500. The average molecular weight is 536 g/mol. The zero-order valence-electron chi connectivity index (χ0n) is 21.2. The summed E-state index contributed by atoms with van der Waals surface area (Å²) in [6.07, 6.45) is -3.22. The molecule has 0 bridgehead atoms. The first-order valence-corrected chi connectivity index (χ1v) is 12.7. The minimum atomic E-state index is -4.82. The third-order valence-electron chi connectivity index (χ3n) is 7.17. The zero-order valence-corrected chi connectivity index (χ0v) is 21.2. The number of halogens is 3. The maximum Gasteiger partial charge on any atom is 0.423 e. The van der Waals surface area contributed by atoms with Crippen molar-refractivity contribution in [3.05, 3.63) is 58.1 Å². The van der Waals surface area contributed by atoms with Gasteiger partial charge in [-0.15, -0.1) is 0 Å². The number of piperidine rings is 1. The molecule has 2 aromatic carbocycles. The van der Waals surface area contributed by atoms with Crippen molar-refractivity contribution in [1.29, 1.82) is 0 Å². The molecule has 9 nitrogen and oxygen atoms in total. The normalized spacial score (nSPS) is 17.4. The molecule has 206 valence electrons. The molecule has 12 heteroatoms. The number of ether oxygens (including phenoxy) is 1. The topological polar surface area (TPSA) is 91.2 Å². The monoisotopic (exact) mass is 535 g/mol. The summed E-state index contributed by atoms with van der Waals surface area (Å²) in [5.74, 6) is 0.906. The number of nitro groups is 1. The van der Waals surface area contributed by atoms with Gasteiger partial charge in [-0.3, -0.25) is 19.8 Å². The summed E-state index contributed by atoms with van der Waals surface area (Å²) in [5.41, 5.74) is -0.904. The Balaban J connectivity index is 1.20. The van der Waals surface area contributed by atoms with Crippen LogP contribution in [-0.2, 0) is 11.0 Å². The van der Waals surface area contributed by atoms with Gasteiger partial charge in [0.15, 0.2) is 0 Å². The molecule has 1 N–H and O–H groups in total. The van der Waals surface area contributed by atoms with Gasteiger partial charge in [-0.05, 0) is 49.2 Å². The first-order chi connectivity index (χ1) is 18.1. The summed E-state index contributed by atoms with van der Waals surface area (Å²) in [6.45, 7) is 5.24. The van der Waals surface area contributed by atoms with E-state index < -0.39 is 22.4 Å². The number of nitrogens with zero attached hydrogens (tertiary/aromatic N) is 4. The molecule has 2 aromatic rings. The molecule has 2 fully saturated rings. The molecule has 4 rings (SSSR count). The second-order valence-corrected chi connectivity index (χ2v) is 9.56. The molecule has 0 atom stereocenters. The first kappa shape index (κ1) is 27.5. The molecule has 2 heterocycles. The van der Waals surface area contributed by atoms with Gasteiger partial charge in [-0.25, -0.2) is 0 Å². The van der Waals surface area contributed by atoms with E-state index >= 15 is 0 Å². The van der Waals surface area contributed by atoms with Crippen molar-refractivity contribution in [2.75, 3.05) is 63.1 Å². The Hall–Kier alpha value is -3.54. The number of rotatable bonds is 8. The fourth-order valence-electron chi connectivity index (χ4n) is 4.96. The predicted molar refractivity (Wildman–Crippen MR) is 138 cm³/mol. The van der Waals surface area contributed by atoms with Crippen LogP contribution in [0.5, 0.6) is 5.75 Å².